The first-order valence-corrected chi connectivity index (χ1v) is 8.55. The number of aromatic carboxylic acids is 1. The van der Waals surface area contributed by atoms with Gasteiger partial charge in [0, 0.05) is 6.54 Å². The summed E-state index contributed by atoms with van der Waals surface area (Å²) >= 11 is 0. The summed E-state index contributed by atoms with van der Waals surface area (Å²) < 4.78 is 60.3. The standard InChI is InChI=1S/C19H17F4NO6/c20-13-11(14(21)16(23)12(15(13)22)18(27)28)17(26)10(25)6-7-24-19(29)30-8-9-4-2-1-3-5-9/h1-5,10,17,25-26H,6-8H2,(H,24,29)(H,27,28). The van der Waals surface area contributed by atoms with Crippen LogP contribution in [0.1, 0.15) is 34.0 Å². The molecule has 11 heteroatoms. The molecule has 2 unspecified atom stereocenters. The average molecular weight is 431 g/mol. The van der Waals surface area contributed by atoms with Gasteiger partial charge in [-0.25, -0.2) is 27.2 Å². The molecule has 2 aromatic carbocycles. The Labute approximate surface area is 167 Å². The number of amides is 1. The first kappa shape index (κ1) is 23.1. The van der Waals surface area contributed by atoms with Gasteiger partial charge in [-0.05, 0) is 12.0 Å². The highest BCUT2D eigenvalue weighted by molar-refractivity contribution is 5.88. The number of hydrogen-bond donors (Lipinski definition) is 4. The van der Waals surface area contributed by atoms with Crippen molar-refractivity contribution in [1.29, 1.82) is 0 Å². The second-order valence-electron chi connectivity index (χ2n) is 6.14. The molecular weight excluding hydrogens is 414 g/mol. The maximum Gasteiger partial charge on any atom is 0.407 e. The van der Waals surface area contributed by atoms with Crippen LogP contribution in [0.3, 0.4) is 0 Å². The molecule has 30 heavy (non-hydrogen) atoms. The first-order chi connectivity index (χ1) is 14.1. The maximum absolute atomic E-state index is 14.0. The second kappa shape index (κ2) is 10.0. The van der Waals surface area contributed by atoms with Gasteiger partial charge < -0.3 is 25.4 Å². The van der Waals surface area contributed by atoms with Crippen molar-refractivity contribution in [2.75, 3.05) is 6.54 Å². The molecule has 2 aromatic rings. The molecule has 0 aliphatic carbocycles. The van der Waals surface area contributed by atoms with Crippen LogP contribution in [0.15, 0.2) is 30.3 Å². The molecule has 162 valence electrons. The average Bonchev–Trinajstić information content (AvgIpc) is 2.71. The molecule has 1 amide bonds. The molecular formula is C19H17F4NO6. The molecule has 4 N–H and O–H groups in total. The molecule has 2 atom stereocenters. The van der Waals surface area contributed by atoms with Crippen molar-refractivity contribution in [2.24, 2.45) is 0 Å². The molecule has 0 spiro atoms. The Balaban J connectivity index is 1.97. The smallest absolute Gasteiger partial charge is 0.407 e. The summed E-state index contributed by atoms with van der Waals surface area (Å²) in [7, 11) is 0. The maximum atomic E-state index is 14.0. The molecule has 0 aromatic heterocycles. The number of halogens is 4. The largest absolute Gasteiger partial charge is 0.477 e. The predicted octanol–water partition coefficient (Wildman–Crippen LogP) is 2.65. The third kappa shape index (κ3) is 5.24. The quantitative estimate of drug-likeness (QED) is 0.377. The number of carbonyl (C=O) groups excluding carboxylic acids is 1. The number of aliphatic hydroxyl groups is 2. The van der Waals surface area contributed by atoms with Crippen molar-refractivity contribution in [1.82, 2.24) is 5.32 Å². The van der Waals surface area contributed by atoms with E-state index in [1.165, 1.54) is 0 Å². The number of nitrogens with one attached hydrogen (secondary N) is 1. The third-order valence-corrected chi connectivity index (χ3v) is 4.09. The molecule has 0 aliphatic rings. The van der Waals surface area contributed by atoms with Crippen molar-refractivity contribution in [2.45, 2.75) is 25.2 Å². The van der Waals surface area contributed by atoms with Crippen molar-refractivity contribution in [3.63, 3.8) is 0 Å². The number of hydrogen-bond acceptors (Lipinski definition) is 5. The monoisotopic (exact) mass is 431 g/mol. The Kier molecular flexibility index (Phi) is 7.72. The van der Waals surface area contributed by atoms with Crippen LogP contribution in [0.25, 0.3) is 0 Å². The molecule has 0 saturated heterocycles. The van der Waals surface area contributed by atoms with E-state index in [4.69, 9.17) is 9.84 Å². The zero-order valence-electron chi connectivity index (χ0n) is 15.2. The zero-order valence-corrected chi connectivity index (χ0v) is 15.2. The first-order valence-electron chi connectivity index (χ1n) is 8.55. The zero-order chi connectivity index (χ0) is 22.4. The number of carboxylic acids is 1. The molecule has 0 bridgehead atoms. The van der Waals surface area contributed by atoms with Gasteiger partial charge in [0.15, 0.2) is 23.3 Å². The van der Waals surface area contributed by atoms with E-state index in [0.717, 1.165) is 0 Å². The van der Waals surface area contributed by atoms with Gasteiger partial charge in [0.05, 0.1) is 11.7 Å². The SMILES string of the molecule is O=C(NCCC(O)C(O)c1c(F)c(F)c(C(=O)O)c(F)c1F)OCc1ccccc1. The van der Waals surface area contributed by atoms with Crippen LogP contribution in [0.5, 0.6) is 0 Å². The van der Waals surface area contributed by atoms with Crippen molar-refractivity contribution in [3.05, 3.63) is 70.3 Å². The van der Waals surface area contributed by atoms with Gasteiger partial charge in [0.25, 0.3) is 0 Å². The van der Waals surface area contributed by atoms with Crippen LogP contribution < -0.4 is 5.32 Å². The summed E-state index contributed by atoms with van der Waals surface area (Å²) in [5, 5.41) is 30.6. The van der Waals surface area contributed by atoms with E-state index in [0.29, 0.717) is 5.56 Å². The lowest BCUT2D eigenvalue weighted by molar-refractivity contribution is 0.00853. The van der Waals surface area contributed by atoms with Crippen LogP contribution in [-0.2, 0) is 11.3 Å². The molecule has 7 nitrogen and oxygen atoms in total. The summed E-state index contributed by atoms with van der Waals surface area (Å²) in [4.78, 5) is 22.3. The summed E-state index contributed by atoms with van der Waals surface area (Å²) in [5.74, 6) is -11.0. The fourth-order valence-corrected chi connectivity index (χ4v) is 2.54. The lowest BCUT2D eigenvalue weighted by Gasteiger charge is -2.20. The summed E-state index contributed by atoms with van der Waals surface area (Å²) in [5.41, 5.74) is -2.71. The normalized spacial score (nSPS) is 12.9. The topological polar surface area (TPSA) is 116 Å². The number of carbonyl (C=O) groups is 2. The van der Waals surface area contributed by atoms with Crippen LogP contribution in [0.4, 0.5) is 22.4 Å². The summed E-state index contributed by atoms with van der Waals surface area (Å²) in [6, 6.07) is 8.67. The number of ether oxygens (including phenoxy) is 1. The molecule has 2 rings (SSSR count). The Morgan fingerprint density at radius 3 is 2.07 bits per heavy atom. The lowest BCUT2D eigenvalue weighted by Crippen LogP contribution is -2.30. The minimum Gasteiger partial charge on any atom is -0.477 e. The number of benzene rings is 2. The minimum absolute atomic E-state index is 0.0389. The van der Waals surface area contributed by atoms with Gasteiger partial charge in [0.2, 0.25) is 0 Å². The molecule has 0 radical (unpaired) electrons. The van der Waals surface area contributed by atoms with E-state index in [1.54, 1.807) is 30.3 Å². The third-order valence-electron chi connectivity index (χ3n) is 4.09. The van der Waals surface area contributed by atoms with E-state index in [-0.39, 0.29) is 13.2 Å². The van der Waals surface area contributed by atoms with Crippen molar-refractivity contribution >= 4 is 12.1 Å². The number of aliphatic hydroxyl groups excluding tert-OH is 2. The Bertz CT molecular complexity index is 896. The van der Waals surface area contributed by atoms with Crippen LogP contribution in [0.2, 0.25) is 0 Å². The molecule has 0 saturated carbocycles. The summed E-state index contributed by atoms with van der Waals surface area (Å²) in [6.45, 7) is -0.351. The highest BCUT2D eigenvalue weighted by atomic mass is 19.2. The Morgan fingerprint density at radius 1 is 0.967 bits per heavy atom. The van der Waals surface area contributed by atoms with Crippen molar-refractivity contribution < 1.29 is 47.2 Å². The highest BCUT2D eigenvalue weighted by Gasteiger charge is 2.34. The molecule has 0 fully saturated rings. The minimum atomic E-state index is -2.43. The summed E-state index contributed by atoms with van der Waals surface area (Å²) in [6.07, 6.45) is -5.72. The van der Waals surface area contributed by atoms with Gasteiger partial charge in [-0.2, -0.15) is 0 Å². The van der Waals surface area contributed by atoms with E-state index >= 15 is 0 Å². The van der Waals surface area contributed by atoms with Gasteiger partial charge >= 0.3 is 12.1 Å². The van der Waals surface area contributed by atoms with Gasteiger partial charge in [-0.1, -0.05) is 30.3 Å². The van der Waals surface area contributed by atoms with Gasteiger partial charge in [-0.3, -0.25) is 0 Å². The van der Waals surface area contributed by atoms with E-state index in [2.05, 4.69) is 5.32 Å². The Hall–Kier alpha value is -3.18. The van der Waals surface area contributed by atoms with Gasteiger partial charge in [0.1, 0.15) is 18.3 Å². The number of rotatable bonds is 8. The fraction of sp³-hybridized carbons (Fsp3) is 0.263. The molecule has 0 aliphatic heterocycles. The Morgan fingerprint density at radius 2 is 1.53 bits per heavy atom. The second-order valence-corrected chi connectivity index (χ2v) is 6.14. The molecule has 0 heterocycles. The van der Waals surface area contributed by atoms with Crippen LogP contribution in [-0.4, -0.2) is 40.0 Å². The predicted molar refractivity (Wildman–Crippen MR) is 93.4 cm³/mol. The van der Waals surface area contributed by atoms with Crippen LogP contribution >= 0.6 is 0 Å². The number of carboxylic acid groups (broad SMARTS) is 1. The van der Waals surface area contributed by atoms with Gasteiger partial charge in [-0.15, -0.1) is 0 Å². The fourth-order valence-electron chi connectivity index (χ4n) is 2.54. The highest BCUT2D eigenvalue weighted by Crippen LogP contribution is 2.30. The van der Waals surface area contributed by atoms with E-state index < -0.39 is 65.1 Å². The van der Waals surface area contributed by atoms with E-state index in [1.807, 2.05) is 0 Å². The van der Waals surface area contributed by atoms with E-state index in [9.17, 15) is 37.4 Å². The number of alkyl carbamates (subject to hydrolysis) is 1. The lowest BCUT2D eigenvalue weighted by atomic mass is 9.98. The van der Waals surface area contributed by atoms with Crippen LogP contribution in [0, 0.1) is 23.3 Å². The van der Waals surface area contributed by atoms with Crippen molar-refractivity contribution in [3.8, 4) is 0 Å².